The summed E-state index contributed by atoms with van der Waals surface area (Å²) in [6, 6.07) is 0. The number of hydrogen-bond acceptors (Lipinski definition) is 2. The lowest BCUT2D eigenvalue weighted by molar-refractivity contribution is 0.241. The predicted molar refractivity (Wildman–Crippen MR) is 43.9 cm³/mol. The van der Waals surface area contributed by atoms with Crippen LogP contribution in [-0.2, 0) is 0 Å². The Kier molecular flexibility index (Phi) is 6.65. The number of aliphatic hydroxyl groups excluding tert-OH is 1. The van der Waals surface area contributed by atoms with Gasteiger partial charge in [0.15, 0.2) is 0 Å². The van der Waals surface area contributed by atoms with Gasteiger partial charge in [-0.3, -0.25) is 0 Å². The van der Waals surface area contributed by atoms with Gasteiger partial charge in [-0.2, -0.15) is 11.8 Å². The Morgan fingerprint density at radius 2 is 2.22 bits per heavy atom. The SMILES string of the molecule is CC.OCC1CCSC1. The van der Waals surface area contributed by atoms with Gasteiger partial charge >= 0.3 is 0 Å². The standard InChI is InChI=1S/C5H10OS.C2H6/c6-3-5-1-2-7-4-5;1-2/h5-6H,1-4H2;1-2H3. The van der Waals surface area contributed by atoms with Gasteiger partial charge < -0.3 is 5.11 Å². The molecule has 1 rings (SSSR count). The zero-order valence-electron chi connectivity index (χ0n) is 6.26. The highest BCUT2D eigenvalue weighted by Gasteiger charge is 2.12. The van der Waals surface area contributed by atoms with Gasteiger partial charge in [0, 0.05) is 6.61 Å². The van der Waals surface area contributed by atoms with Crippen LogP contribution in [0, 0.1) is 5.92 Å². The summed E-state index contributed by atoms with van der Waals surface area (Å²) in [5.41, 5.74) is 0. The molecule has 0 spiro atoms. The van der Waals surface area contributed by atoms with E-state index in [9.17, 15) is 0 Å². The minimum absolute atomic E-state index is 0.396. The Labute approximate surface area is 61.8 Å². The summed E-state index contributed by atoms with van der Waals surface area (Å²) in [4.78, 5) is 0. The average Bonchev–Trinajstić information content (AvgIpc) is 2.43. The fraction of sp³-hybridized carbons (Fsp3) is 1.00. The van der Waals surface area contributed by atoms with Crippen molar-refractivity contribution in [2.75, 3.05) is 18.1 Å². The topological polar surface area (TPSA) is 20.2 Å². The van der Waals surface area contributed by atoms with Gasteiger partial charge in [-0.1, -0.05) is 13.8 Å². The number of hydrogen-bond donors (Lipinski definition) is 1. The van der Waals surface area contributed by atoms with E-state index in [1.54, 1.807) is 0 Å². The average molecular weight is 148 g/mol. The van der Waals surface area contributed by atoms with E-state index in [0.717, 1.165) is 0 Å². The molecule has 0 aromatic carbocycles. The van der Waals surface area contributed by atoms with Crippen molar-refractivity contribution in [3.8, 4) is 0 Å². The summed E-state index contributed by atoms with van der Waals surface area (Å²) < 4.78 is 0. The molecule has 1 fully saturated rings. The zero-order chi connectivity index (χ0) is 7.11. The minimum Gasteiger partial charge on any atom is -0.396 e. The molecule has 2 heteroatoms. The van der Waals surface area contributed by atoms with Crippen molar-refractivity contribution in [3.05, 3.63) is 0 Å². The van der Waals surface area contributed by atoms with Gasteiger partial charge in [0.1, 0.15) is 0 Å². The minimum atomic E-state index is 0.396. The second-order valence-corrected chi connectivity index (χ2v) is 3.06. The highest BCUT2D eigenvalue weighted by atomic mass is 32.2. The third kappa shape index (κ3) is 3.82. The molecular formula is C7H16OS. The highest BCUT2D eigenvalue weighted by molar-refractivity contribution is 7.99. The zero-order valence-corrected chi connectivity index (χ0v) is 7.08. The Balaban J connectivity index is 0.000000291. The largest absolute Gasteiger partial charge is 0.396 e. The Bertz CT molecular complexity index is 50.9. The normalized spacial score (nSPS) is 25.0. The van der Waals surface area contributed by atoms with Crippen molar-refractivity contribution in [2.24, 2.45) is 5.92 Å². The lowest BCUT2D eigenvalue weighted by Crippen LogP contribution is -2.02. The molecule has 0 radical (unpaired) electrons. The van der Waals surface area contributed by atoms with Crippen LogP contribution in [0.25, 0.3) is 0 Å². The van der Waals surface area contributed by atoms with E-state index in [1.807, 2.05) is 25.6 Å². The van der Waals surface area contributed by atoms with Crippen molar-refractivity contribution in [1.82, 2.24) is 0 Å². The third-order valence-corrected chi connectivity index (χ3v) is 2.51. The molecule has 0 aromatic heterocycles. The molecule has 0 saturated carbocycles. The van der Waals surface area contributed by atoms with E-state index >= 15 is 0 Å². The molecule has 56 valence electrons. The number of aliphatic hydroxyl groups is 1. The van der Waals surface area contributed by atoms with Crippen LogP contribution in [0.2, 0.25) is 0 Å². The first kappa shape index (κ1) is 9.31. The van der Waals surface area contributed by atoms with Gasteiger partial charge in [-0.25, -0.2) is 0 Å². The number of rotatable bonds is 1. The lowest BCUT2D eigenvalue weighted by atomic mass is 10.1. The maximum atomic E-state index is 8.55. The second kappa shape index (κ2) is 6.43. The molecule has 0 bridgehead atoms. The van der Waals surface area contributed by atoms with Gasteiger partial charge in [-0.05, 0) is 23.8 Å². The molecule has 0 aromatic rings. The van der Waals surface area contributed by atoms with E-state index in [1.165, 1.54) is 17.9 Å². The molecule has 9 heavy (non-hydrogen) atoms. The van der Waals surface area contributed by atoms with Gasteiger partial charge in [0.25, 0.3) is 0 Å². The van der Waals surface area contributed by atoms with Crippen LogP contribution in [0.15, 0.2) is 0 Å². The van der Waals surface area contributed by atoms with E-state index < -0.39 is 0 Å². The van der Waals surface area contributed by atoms with Crippen LogP contribution in [-0.4, -0.2) is 23.2 Å². The summed E-state index contributed by atoms with van der Waals surface area (Å²) in [6.45, 7) is 4.40. The Hall–Kier alpha value is 0.310. The van der Waals surface area contributed by atoms with Crippen LogP contribution in [0.1, 0.15) is 20.3 Å². The lowest BCUT2D eigenvalue weighted by Gasteiger charge is -1.97. The number of thioether (sulfide) groups is 1. The van der Waals surface area contributed by atoms with E-state index in [-0.39, 0.29) is 0 Å². The van der Waals surface area contributed by atoms with Crippen LogP contribution in [0.3, 0.4) is 0 Å². The molecule has 0 aliphatic carbocycles. The predicted octanol–water partition coefficient (Wildman–Crippen LogP) is 1.76. The summed E-state index contributed by atoms with van der Waals surface area (Å²) in [5, 5.41) is 8.55. The molecule has 0 amide bonds. The maximum absolute atomic E-state index is 8.55. The van der Waals surface area contributed by atoms with Crippen LogP contribution >= 0.6 is 11.8 Å². The first-order valence-electron chi connectivity index (χ1n) is 3.62. The Morgan fingerprint density at radius 1 is 1.56 bits per heavy atom. The molecule has 1 aliphatic heterocycles. The summed E-state index contributed by atoms with van der Waals surface area (Å²) in [5.74, 6) is 3.05. The van der Waals surface area contributed by atoms with Crippen molar-refractivity contribution < 1.29 is 5.11 Å². The molecule has 1 nitrogen and oxygen atoms in total. The first-order chi connectivity index (χ1) is 4.43. The van der Waals surface area contributed by atoms with E-state index in [4.69, 9.17) is 5.11 Å². The fourth-order valence-electron chi connectivity index (χ4n) is 0.727. The van der Waals surface area contributed by atoms with Crippen molar-refractivity contribution >= 4 is 11.8 Å². The smallest absolute Gasteiger partial charge is 0.0467 e. The highest BCUT2D eigenvalue weighted by Crippen LogP contribution is 2.22. The van der Waals surface area contributed by atoms with Gasteiger partial charge in [0.2, 0.25) is 0 Å². The summed E-state index contributed by atoms with van der Waals surface area (Å²) in [6.07, 6.45) is 1.22. The molecule has 1 saturated heterocycles. The molecule has 1 unspecified atom stereocenters. The van der Waals surface area contributed by atoms with E-state index in [2.05, 4.69) is 0 Å². The second-order valence-electron chi connectivity index (χ2n) is 1.91. The molecule has 1 atom stereocenters. The van der Waals surface area contributed by atoms with Crippen LogP contribution in [0.5, 0.6) is 0 Å². The van der Waals surface area contributed by atoms with Crippen LogP contribution < -0.4 is 0 Å². The Morgan fingerprint density at radius 3 is 2.44 bits per heavy atom. The van der Waals surface area contributed by atoms with E-state index in [0.29, 0.717) is 12.5 Å². The monoisotopic (exact) mass is 148 g/mol. The maximum Gasteiger partial charge on any atom is 0.0467 e. The van der Waals surface area contributed by atoms with Gasteiger partial charge in [0.05, 0.1) is 0 Å². The molecule has 1 aliphatic rings. The first-order valence-corrected chi connectivity index (χ1v) is 4.77. The quantitative estimate of drug-likeness (QED) is 0.611. The van der Waals surface area contributed by atoms with Crippen molar-refractivity contribution in [3.63, 3.8) is 0 Å². The molecular weight excluding hydrogens is 132 g/mol. The van der Waals surface area contributed by atoms with Crippen molar-refractivity contribution in [1.29, 1.82) is 0 Å². The third-order valence-electron chi connectivity index (χ3n) is 1.28. The summed E-state index contributed by atoms with van der Waals surface area (Å²) in [7, 11) is 0. The van der Waals surface area contributed by atoms with Gasteiger partial charge in [-0.15, -0.1) is 0 Å². The fourth-order valence-corrected chi connectivity index (χ4v) is 2.00. The molecule has 1 N–H and O–H groups in total. The van der Waals surface area contributed by atoms with Crippen LogP contribution in [0.4, 0.5) is 0 Å². The van der Waals surface area contributed by atoms with Crippen molar-refractivity contribution in [2.45, 2.75) is 20.3 Å². The molecule has 1 heterocycles. The summed E-state index contributed by atoms with van der Waals surface area (Å²) >= 11 is 1.95.